The summed E-state index contributed by atoms with van der Waals surface area (Å²) in [7, 11) is 0. The molecule has 2 aromatic rings. The van der Waals surface area contributed by atoms with Crippen LogP contribution in [0, 0.1) is 6.92 Å². The number of aryl methyl sites for hydroxylation is 1. The minimum atomic E-state index is 0.534. The number of hydrogen-bond acceptors (Lipinski definition) is 3. The topological polar surface area (TPSA) is 9.72 Å². The fourth-order valence-corrected chi connectivity index (χ4v) is 4.93. The number of fused-ring (bicyclic) bond motifs is 1. The van der Waals surface area contributed by atoms with Crippen LogP contribution in [0.2, 0.25) is 20.1 Å². The lowest BCUT2D eigenvalue weighted by Crippen LogP contribution is -2.27. The smallest absolute Gasteiger partial charge is 0.113 e. The predicted molar refractivity (Wildman–Crippen MR) is 161 cm³/mol. The Hall–Kier alpha value is -2.30. The van der Waals surface area contributed by atoms with E-state index in [0.29, 0.717) is 20.1 Å². The van der Waals surface area contributed by atoms with Crippen LogP contribution in [0.4, 0.5) is 17.1 Å². The van der Waals surface area contributed by atoms with Crippen LogP contribution in [0.1, 0.15) is 26.3 Å². The number of nitrogens with zero attached hydrogens (tertiary/aromatic N) is 3. The molecule has 36 heavy (non-hydrogen) atoms. The van der Waals surface area contributed by atoms with Crippen molar-refractivity contribution in [2.24, 2.45) is 0 Å². The van der Waals surface area contributed by atoms with Crippen LogP contribution in [0.25, 0.3) is 0 Å². The fourth-order valence-electron chi connectivity index (χ4n) is 4.24. The summed E-state index contributed by atoms with van der Waals surface area (Å²) >= 11 is 25.0. The van der Waals surface area contributed by atoms with Gasteiger partial charge in [0.1, 0.15) is 5.82 Å². The van der Waals surface area contributed by atoms with Gasteiger partial charge in [-0.15, -0.1) is 0 Å². The summed E-state index contributed by atoms with van der Waals surface area (Å²) in [6.07, 6.45) is 14.1. The third-order valence-corrected chi connectivity index (χ3v) is 7.40. The maximum atomic E-state index is 6.29. The third-order valence-electron chi connectivity index (χ3n) is 5.96. The van der Waals surface area contributed by atoms with Gasteiger partial charge in [0.05, 0.1) is 31.5 Å². The summed E-state index contributed by atoms with van der Waals surface area (Å²) in [5, 5.41) is 2.22. The lowest BCUT2D eigenvalue weighted by molar-refractivity contribution is 0.899. The van der Waals surface area contributed by atoms with E-state index in [2.05, 4.69) is 48.1 Å². The van der Waals surface area contributed by atoms with Crippen LogP contribution in [0.5, 0.6) is 0 Å². The average Bonchev–Trinajstić information content (AvgIpc) is 3.13. The van der Waals surface area contributed by atoms with E-state index in [1.54, 1.807) is 0 Å². The molecule has 1 heterocycles. The molecular weight excluding hydrogens is 532 g/mol. The molecule has 0 saturated heterocycles. The van der Waals surface area contributed by atoms with E-state index in [-0.39, 0.29) is 0 Å². The van der Waals surface area contributed by atoms with E-state index in [0.717, 1.165) is 53.8 Å². The summed E-state index contributed by atoms with van der Waals surface area (Å²) in [5.41, 5.74) is 5.06. The van der Waals surface area contributed by atoms with Crippen LogP contribution in [-0.4, -0.2) is 19.6 Å². The summed E-state index contributed by atoms with van der Waals surface area (Å²) in [5.74, 6) is 1.09. The van der Waals surface area contributed by atoms with Gasteiger partial charge in [0.25, 0.3) is 0 Å². The molecule has 0 N–H and O–H groups in total. The van der Waals surface area contributed by atoms with Gasteiger partial charge in [0.2, 0.25) is 0 Å². The standard InChI is InChI=1S/C29H31Cl4N3/c1-6-34(26-17-23(31)22(30)16-20(26)4)21(5)14-12-10-9-11-13-15-29-35(7-2)27-18-24(32)25(33)19-28(27)36(29)8-3/h9-19H,5-8H2,1-4H3/b10-9+,13-11+,14-12+. The van der Waals surface area contributed by atoms with Crippen LogP contribution < -0.4 is 14.7 Å². The number of hydrogen-bond donors (Lipinski definition) is 0. The lowest BCUT2D eigenvalue weighted by Gasteiger charge is -2.25. The van der Waals surface area contributed by atoms with Gasteiger partial charge in [-0.25, -0.2) is 0 Å². The molecule has 1 aliphatic heterocycles. The highest BCUT2D eigenvalue weighted by Crippen LogP contribution is 2.45. The molecule has 3 nitrogen and oxygen atoms in total. The first-order chi connectivity index (χ1) is 17.2. The van der Waals surface area contributed by atoms with Gasteiger partial charge in [-0.3, -0.25) is 0 Å². The van der Waals surface area contributed by atoms with Crippen molar-refractivity contribution in [1.29, 1.82) is 0 Å². The van der Waals surface area contributed by atoms with E-state index >= 15 is 0 Å². The Kier molecular flexibility index (Phi) is 10.0. The number of benzene rings is 2. The Bertz CT molecular complexity index is 1200. The minimum Gasteiger partial charge on any atom is -0.342 e. The zero-order valence-corrected chi connectivity index (χ0v) is 24.1. The maximum absolute atomic E-state index is 6.29. The highest BCUT2D eigenvalue weighted by Gasteiger charge is 2.30. The van der Waals surface area contributed by atoms with Crippen molar-refractivity contribution in [2.45, 2.75) is 27.7 Å². The van der Waals surface area contributed by atoms with Crippen molar-refractivity contribution in [3.63, 3.8) is 0 Å². The summed E-state index contributed by atoms with van der Waals surface area (Å²) in [6.45, 7) is 15.0. The molecule has 0 saturated carbocycles. The van der Waals surface area contributed by atoms with Gasteiger partial charge in [-0.1, -0.05) is 83.4 Å². The highest BCUT2D eigenvalue weighted by atomic mass is 35.5. The average molecular weight is 563 g/mol. The monoisotopic (exact) mass is 561 g/mol. The van der Waals surface area contributed by atoms with Gasteiger partial charge >= 0.3 is 0 Å². The summed E-state index contributed by atoms with van der Waals surface area (Å²) < 4.78 is 0. The Labute approximate surface area is 235 Å². The molecule has 7 heteroatoms. The molecule has 190 valence electrons. The molecule has 3 rings (SSSR count). The molecule has 0 aromatic heterocycles. The maximum Gasteiger partial charge on any atom is 0.113 e. The first-order valence-electron chi connectivity index (χ1n) is 11.9. The van der Waals surface area contributed by atoms with Crippen LogP contribution in [-0.2, 0) is 0 Å². The molecule has 0 radical (unpaired) electrons. The van der Waals surface area contributed by atoms with E-state index in [4.69, 9.17) is 46.4 Å². The zero-order valence-electron chi connectivity index (χ0n) is 21.0. The van der Waals surface area contributed by atoms with E-state index in [9.17, 15) is 0 Å². The summed E-state index contributed by atoms with van der Waals surface area (Å²) in [4.78, 5) is 6.59. The zero-order chi connectivity index (χ0) is 26.4. The minimum absolute atomic E-state index is 0.534. The molecule has 0 aliphatic carbocycles. The van der Waals surface area contributed by atoms with Gasteiger partial charge in [-0.05, 0) is 69.7 Å². The summed E-state index contributed by atoms with van der Waals surface area (Å²) in [6, 6.07) is 7.64. The Balaban J connectivity index is 1.69. The normalized spacial score (nSPS) is 13.5. The first-order valence-corrected chi connectivity index (χ1v) is 13.4. The number of anilines is 3. The molecule has 1 aliphatic rings. The third kappa shape index (κ3) is 6.15. The van der Waals surface area contributed by atoms with E-state index in [1.165, 1.54) is 0 Å². The van der Waals surface area contributed by atoms with Crippen molar-refractivity contribution < 1.29 is 0 Å². The molecule has 0 atom stereocenters. The number of likely N-dealkylation sites (N-methyl/N-ethyl adjacent to an activating group) is 1. The number of allylic oxidation sites excluding steroid dienone is 7. The van der Waals surface area contributed by atoms with Crippen LogP contribution in [0.15, 0.2) is 84.9 Å². The van der Waals surface area contributed by atoms with Crippen molar-refractivity contribution >= 4 is 63.5 Å². The van der Waals surface area contributed by atoms with Gasteiger partial charge in [0, 0.05) is 31.0 Å². The predicted octanol–water partition coefficient (Wildman–Crippen LogP) is 9.83. The molecule has 0 unspecified atom stereocenters. The second-order valence-electron chi connectivity index (χ2n) is 8.19. The Morgan fingerprint density at radius 3 is 1.83 bits per heavy atom. The first kappa shape index (κ1) is 28.3. The van der Waals surface area contributed by atoms with Gasteiger partial charge in [0.15, 0.2) is 0 Å². The van der Waals surface area contributed by atoms with E-state index in [1.807, 2.05) is 67.6 Å². The molecule has 0 spiro atoms. The van der Waals surface area contributed by atoms with Crippen molar-refractivity contribution in [2.75, 3.05) is 34.3 Å². The molecule has 0 amide bonds. The molecule has 0 fully saturated rings. The van der Waals surface area contributed by atoms with Gasteiger partial charge < -0.3 is 14.7 Å². The van der Waals surface area contributed by atoms with Gasteiger partial charge in [-0.2, -0.15) is 0 Å². The molecule has 0 bridgehead atoms. The Morgan fingerprint density at radius 2 is 1.28 bits per heavy atom. The second kappa shape index (κ2) is 12.8. The molecule has 2 aromatic carbocycles. The second-order valence-corrected chi connectivity index (χ2v) is 9.81. The highest BCUT2D eigenvalue weighted by molar-refractivity contribution is 6.43. The SMILES string of the molecule is C=C(/C=C/C=C/C=C/C=C1N(CC)c2cc(Cl)c(Cl)cc2N1CC)N(CC)c1cc(Cl)c(Cl)cc1C. The Morgan fingerprint density at radius 1 is 0.778 bits per heavy atom. The van der Waals surface area contributed by atoms with Crippen molar-refractivity contribution in [3.05, 3.63) is 111 Å². The quantitative estimate of drug-likeness (QED) is 0.281. The van der Waals surface area contributed by atoms with Crippen LogP contribution >= 0.6 is 46.4 Å². The van der Waals surface area contributed by atoms with Crippen molar-refractivity contribution in [3.8, 4) is 0 Å². The van der Waals surface area contributed by atoms with E-state index < -0.39 is 0 Å². The van der Waals surface area contributed by atoms with Crippen LogP contribution in [0.3, 0.4) is 0 Å². The number of halogens is 4. The lowest BCUT2D eigenvalue weighted by atomic mass is 10.1. The van der Waals surface area contributed by atoms with Crippen molar-refractivity contribution in [1.82, 2.24) is 0 Å². The largest absolute Gasteiger partial charge is 0.342 e. The molecular formula is C29H31Cl4N3. The fraction of sp³-hybridized carbons (Fsp3) is 0.241. The number of rotatable bonds is 9.